The molecule has 3 N–H and O–H groups in total. The van der Waals surface area contributed by atoms with Gasteiger partial charge in [-0.15, -0.1) is 0 Å². The van der Waals surface area contributed by atoms with Crippen molar-refractivity contribution in [2.75, 3.05) is 6.79 Å². The third kappa shape index (κ3) is 3.65. The summed E-state index contributed by atoms with van der Waals surface area (Å²) in [7, 11) is 0. The van der Waals surface area contributed by atoms with Crippen molar-refractivity contribution >= 4 is 52.2 Å². The Morgan fingerprint density at radius 1 is 1.38 bits per heavy atom. The number of carboxylic acid groups (broad SMARTS) is 1. The molecule has 1 saturated heterocycles. The van der Waals surface area contributed by atoms with Gasteiger partial charge in [-0.2, -0.15) is 0 Å². The molecule has 2 aliphatic heterocycles. The van der Waals surface area contributed by atoms with Gasteiger partial charge in [-0.1, -0.05) is 30.0 Å². The van der Waals surface area contributed by atoms with Gasteiger partial charge in [0.15, 0.2) is 11.5 Å². The lowest BCUT2D eigenvalue weighted by molar-refractivity contribution is -0.145. The third-order valence-corrected chi connectivity index (χ3v) is 5.11. The van der Waals surface area contributed by atoms with Crippen molar-refractivity contribution in [1.29, 1.82) is 0 Å². The maximum Gasteiger partial charge on any atom is 0.326 e. The van der Waals surface area contributed by atoms with Crippen LogP contribution in [0.1, 0.15) is 18.4 Å². The molecule has 136 valence electrons. The first-order valence-electron chi connectivity index (χ1n) is 7.54. The number of nitrogens with zero attached hydrogens (tertiary/aromatic N) is 1. The minimum absolute atomic E-state index is 0.103. The first-order chi connectivity index (χ1) is 12.4. The largest absolute Gasteiger partial charge is 0.480 e. The Balaban J connectivity index is 1.83. The second-order valence-corrected chi connectivity index (χ2v) is 7.20. The number of thiocarbonyl (C=S) groups is 1. The van der Waals surface area contributed by atoms with E-state index in [0.717, 1.165) is 16.7 Å². The van der Waals surface area contributed by atoms with Gasteiger partial charge in [0.05, 0.1) is 4.91 Å². The maximum absolute atomic E-state index is 12.7. The van der Waals surface area contributed by atoms with E-state index in [-0.39, 0.29) is 24.0 Å². The molecule has 0 radical (unpaired) electrons. The third-order valence-electron chi connectivity index (χ3n) is 3.78. The molecular weight excluding hydrogens is 380 g/mol. The predicted octanol–water partition coefficient (Wildman–Crippen LogP) is 1.34. The second kappa shape index (κ2) is 7.34. The van der Waals surface area contributed by atoms with Crippen molar-refractivity contribution in [1.82, 2.24) is 4.90 Å². The van der Waals surface area contributed by atoms with Gasteiger partial charge in [0.1, 0.15) is 10.4 Å². The van der Waals surface area contributed by atoms with Crippen LogP contribution in [0.4, 0.5) is 0 Å². The molecule has 1 unspecified atom stereocenters. The highest BCUT2D eigenvalue weighted by Crippen LogP contribution is 2.37. The van der Waals surface area contributed by atoms with Gasteiger partial charge in [-0.3, -0.25) is 14.5 Å². The Morgan fingerprint density at radius 3 is 2.81 bits per heavy atom. The number of primary amides is 1. The number of aliphatic carboxylic acids is 1. The van der Waals surface area contributed by atoms with E-state index >= 15 is 0 Å². The van der Waals surface area contributed by atoms with Crippen LogP contribution < -0.4 is 15.2 Å². The summed E-state index contributed by atoms with van der Waals surface area (Å²) < 4.78 is 10.7. The van der Waals surface area contributed by atoms with Crippen LogP contribution in [0, 0.1) is 0 Å². The van der Waals surface area contributed by atoms with E-state index in [1.165, 1.54) is 0 Å². The lowest BCUT2D eigenvalue weighted by atomic mass is 10.1. The molecule has 1 aromatic rings. The maximum atomic E-state index is 12.7. The quantitative estimate of drug-likeness (QED) is 0.548. The molecule has 0 saturated carbocycles. The fourth-order valence-electron chi connectivity index (χ4n) is 2.54. The van der Waals surface area contributed by atoms with Crippen molar-refractivity contribution in [3.63, 3.8) is 0 Å². The highest BCUT2D eigenvalue weighted by molar-refractivity contribution is 8.26. The van der Waals surface area contributed by atoms with E-state index in [4.69, 9.17) is 27.4 Å². The molecule has 1 aromatic carbocycles. The molecule has 0 aromatic heterocycles. The summed E-state index contributed by atoms with van der Waals surface area (Å²) in [6.07, 6.45) is 1.35. The van der Waals surface area contributed by atoms with Crippen LogP contribution >= 0.6 is 24.0 Å². The van der Waals surface area contributed by atoms with Crippen LogP contribution in [-0.2, 0) is 14.4 Å². The Bertz CT molecular complexity index is 838. The van der Waals surface area contributed by atoms with Gasteiger partial charge in [0.25, 0.3) is 5.91 Å². The second-order valence-electron chi connectivity index (χ2n) is 5.52. The Morgan fingerprint density at radius 2 is 2.12 bits per heavy atom. The van der Waals surface area contributed by atoms with Crippen LogP contribution in [0.3, 0.4) is 0 Å². The number of hydrogen-bond acceptors (Lipinski definition) is 7. The standard InChI is InChI=1S/C16H14N2O6S2/c17-13(19)4-2-9(15(21)22)18-14(20)12(26-16(18)25)6-8-1-3-10-11(5-8)24-7-23-10/h1,3,5-6,9H,2,4,7H2,(H2,17,19)(H,21,22)/b12-6-. The lowest BCUT2D eigenvalue weighted by Crippen LogP contribution is -2.44. The van der Waals surface area contributed by atoms with Crippen LogP contribution in [-0.4, -0.2) is 44.9 Å². The fraction of sp³-hybridized carbons (Fsp3) is 0.250. The number of benzene rings is 1. The number of fused-ring (bicyclic) bond motifs is 1. The number of amides is 2. The summed E-state index contributed by atoms with van der Waals surface area (Å²) >= 11 is 6.18. The monoisotopic (exact) mass is 394 g/mol. The fourth-order valence-corrected chi connectivity index (χ4v) is 3.90. The van der Waals surface area contributed by atoms with Crippen LogP contribution in [0.5, 0.6) is 11.5 Å². The summed E-state index contributed by atoms with van der Waals surface area (Å²) in [6, 6.07) is 3.96. The first kappa shape index (κ1) is 18.2. The molecule has 3 rings (SSSR count). The zero-order valence-electron chi connectivity index (χ0n) is 13.3. The number of carbonyl (C=O) groups excluding carboxylic acids is 2. The Kier molecular flexibility index (Phi) is 5.14. The van der Waals surface area contributed by atoms with Crippen molar-refractivity contribution in [2.45, 2.75) is 18.9 Å². The molecular formula is C16H14N2O6S2. The summed E-state index contributed by atoms with van der Waals surface area (Å²) in [4.78, 5) is 36.4. The van der Waals surface area contributed by atoms with Gasteiger partial charge in [-0.05, 0) is 30.2 Å². The van der Waals surface area contributed by atoms with Crippen molar-refractivity contribution in [3.8, 4) is 11.5 Å². The molecule has 2 aliphatic rings. The predicted molar refractivity (Wildman–Crippen MR) is 97.4 cm³/mol. The molecule has 8 nitrogen and oxygen atoms in total. The first-order valence-corrected chi connectivity index (χ1v) is 8.77. The smallest absolute Gasteiger partial charge is 0.326 e. The van der Waals surface area contributed by atoms with E-state index in [1.807, 2.05) is 0 Å². The van der Waals surface area contributed by atoms with Crippen LogP contribution in [0.15, 0.2) is 23.1 Å². The number of nitrogens with two attached hydrogens (primary N) is 1. The van der Waals surface area contributed by atoms with E-state index in [9.17, 15) is 19.5 Å². The molecule has 2 heterocycles. The van der Waals surface area contributed by atoms with E-state index in [0.29, 0.717) is 22.0 Å². The number of carboxylic acids is 1. The Hall–Kier alpha value is -2.59. The van der Waals surface area contributed by atoms with Gasteiger partial charge in [0.2, 0.25) is 12.7 Å². The number of hydrogen-bond donors (Lipinski definition) is 2. The zero-order chi connectivity index (χ0) is 18.8. The summed E-state index contributed by atoms with van der Waals surface area (Å²) in [6.45, 7) is 0.140. The zero-order valence-corrected chi connectivity index (χ0v) is 15.0. The summed E-state index contributed by atoms with van der Waals surface area (Å²) in [5.41, 5.74) is 5.77. The average molecular weight is 394 g/mol. The Labute approximate surface area is 157 Å². The van der Waals surface area contributed by atoms with Crippen molar-refractivity contribution in [3.05, 3.63) is 28.7 Å². The molecule has 0 bridgehead atoms. The lowest BCUT2D eigenvalue weighted by Gasteiger charge is -2.22. The minimum atomic E-state index is -1.24. The number of rotatable bonds is 6. The van der Waals surface area contributed by atoms with Gasteiger partial charge in [0, 0.05) is 6.42 Å². The van der Waals surface area contributed by atoms with Crippen molar-refractivity contribution in [2.24, 2.45) is 5.73 Å². The highest BCUT2D eigenvalue weighted by atomic mass is 32.2. The van der Waals surface area contributed by atoms with Gasteiger partial charge < -0.3 is 20.3 Å². The van der Waals surface area contributed by atoms with E-state index in [2.05, 4.69) is 0 Å². The highest BCUT2D eigenvalue weighted by Gasteiger charge is 2.40. The average Bonchev–Trinajstić information content (AvgIpc) is 3.13. The van der Waals surface area contributed by atoms with E-state index < -0.39 is 23.8 Å². The molecule has 1 fully saturated rings. The molecule has 26 heavy (non-hydrogen) atoms. The van der Waals surface area contributed by atoms with Gasteiger partial charge >= 0.3 is 5.97 Å². The van der Waals surface area contributed by atoms with E-state index in [1.54, 1.807) is 24.3 Å². The number of carbonyl (C=O) groups is 3. The minimum Gasteiger partial charge on any atom is -0.480 e. The topological polar surface area (TPSA) is 119 Å². The summed E-state index contributed by atoms with van der Waals surface area (Å²) in [5.74, 6) is -1.22. The molecule has 2 amide bonds. The summed E-state index contributed by atoms with van der Waals surface area (Å²) in [5, 5.41) is 9.40. The normalized spacial score (nSPS) is 18.5. The number of ether oxygens (including phenoxy) is 2. The van der Waals surface area contributed by atoms with Crippen LogP contribution in [0.25, 0.3) is 6.08 Å². The van der Waals surface area contributed by atoms with Crippen LogP contribution in [0.2, 0.25) is 0 Å². The van der Waals surface area contributed by atoms with Crippen molar-refractivity contribution < 1.29 is 29.0 Å². The molecule has 0 aliphatic carbocycles. The van der Waals surface area contributed by atoms with Gasteiger partial charge in [-0.25, -0.2) is 4.79 Å². The SMILES string of the molecule is NC(=O)CCC(C(=O)O)N1C(=O)/C(=C/c2ccc3c(c2)OCO3)SC1=S. The number of thioether (sulfide) groups is 1. The molecule has 0 spiro atoms. The molecule has 1 atom stereocenters. The molecule has 10 heteroatoms.